The van der Waals surface area contributed by atoms with E-state index in [-0.39, 0.29) is 0 Å². The predicted molar refractivity (Wildman–Crippen MR) is 73.0 cm³/mol. The van der Waals surface area contributed by atoms with Crippen molar-refractivity contribution in [3.8, 4) is 0 Å². The van der Waals surface area contributed by atoms with E-state index in [0.717, 1.165) is 13.0 Å². The first-order valence-electron chi connectivity index (χ1n) is 6.68. The van der Waals surface area contributed by atoms with Gasteiger partial charge in [0, 0.05) is 6.04 Å². The second-order valence-electron chi connectivity index (χ2n) is 6.36. The van der Waals surface area contributed by atoms with Crippen molar-refractivity contribution in [1.82, 2.24) is 5.32 Å². The maximum Gasteiger partial charge on any atom is 0.155 e. The van der Waals surface area contributed by atoms with Crippen molar-refractivity contribution in [3.63, 3.8) is 0 Å². The lowest BCUT2D eigenvalue weighted by Crippen LogP contribution is -2.38. The zero-order valence-corrected chi connectivity index (χ0v) is 12.4. The predicted octanol–water partition coefficient (Wildman–Crippen LogP) is 2.37. The standard InChI is InChI=1S/C13H27NO2S/c1-11(10-14-12-6-5-7-12)8-9-17(15,16)13(2,3)4/h11-12,14H,5-10H2,1-4H3. The van der Waals surface area contributed by atoms with Crippen LogP contribution < -0.4 is 5.32 Å². The first-order valence-corrected chi connectivity index (χ1v) is 8.33. The second kappa shape index (κ2) is 5.70. The second-order valence-corrected chi connectivity index (χ2v) is 9.22. The van der Waals surface area contributed by atoms with Crippen LogP contribution >= 0.6 is 0 Å². The van der Waals surface area contributed by atoms with Gasteiger partial charge in [0.1, 0.15) is 0 Å². The Morgan fingerprint density at radius 2 is 1.88 bits per heavy atom. The van der Waals surface area contributed by atoms with Gasteiger partial charge >= 0.3 is 0 Å². The fourth-order valence-electron chi connectivity index (χ4n) is 1.74. The summed E-state index contributed by atoms with van der Waals surface area (Å²) in [6.45, 7) is 8.41. The van der Waals surface area contributed by atoms with Gasteiger partial charge in [0.25, 0.3) is 0 Å². The van der Waals surface area contributed by atoms with Crippen molar-refractivity contribution in [1.29, 1.82) is 0 Å². The lowest BCUT2D eigenvalue weighted by molar-refractivity contribution is 0.319. The summed E-state index contributed by atoms with van der Waals surface area (Å²) >= 11 is 0. The van der Waals surface area contributed by atoms with E-state index in [2.05, 4.69) is 12.2 Å². The molecule has 1 fully saturated rings. The Morgan fingerprint density at radius 1 is 1.29 bits per heavy atom. The summed E-state index contributed by atoms with van der Waals surface area (Å²) in [6, 6.07) is 0.691. The summed E-state index contributed by atoms with van der Waals surface area (Å²) in [5, 5.41) is 3.50. The molecule has 1 aliphatic carbocycles. The number of nitrogens with one attached hydrogen (secondary N) is 1. The summed E-state index contributed by atoms with van der Waals surface area (Å²) in [7, 11) is -2.95. The van der Waals surface area contributed by atoms with Crippen LogP contribution in [0.5, 0.6) is 0 Å². The van der Waals surface area contributed by atoms with Crippen LogP contribution in [0.15, 0.2) is 0 Å². The lowest BCUT2D eigenvalue weighted by Gasteiger charge is -2.28. The Morgan fingerprint density at radius 3 is 2.29 bits per heavy atom. The molecule has 0 spiro atoms. The first-order chi connectivity index (χ1) is 7.72. The maximum atomic E-state index is 11.9. The summed E-state index contributed by atoms with van der Waals surface area (Å²) in [5.74, 6) is 0.747. The molecule has 3 nitrogen and oxygen atoms in total. The topological polar surface area (TPSA) is 46.2 Å². The largest absolute Gasteiger partial charge is 0.314 e. The molecular formula is C13H27NO2S. The maximum absolute atomic E-state index is 11.9. The van der Waals surface area contributed by atoms with E-state index in [1.54, 1.807) is 20.8 Å². The average Bonchev–Trinajstić information content (AvgIpc) is 2.10. The highest BCUT2D eigenvalue weighted by Crippen LogP contribution is 2.20. The van der Waals surface area contributed by atoms with Gasteiger partial charge in [-0.2, -0.15) is 0 Å². The third-order valence-corrected chi connectivity index (χ3v) is 6.31. The normalized spacial score (nSPS) is 20.0. The minimum absolute atomic E-state index is 0.310. The minimum atomic E-state index is -2.95. The third-order valence-electron chi connectivity index (χ3n) is 3.67. The van der Waals surface area contributed by atoms with Crippen LogP contribution in [0, 0.1) is 5.92 Å². The molecule has 1 saturated carbocycles. The van der Waals surface area contributed by atoms with Crippen molar-refractivity contribution in [2.24, 2.45) is 5.92 Å². The van der Waals surface area contributed by atoms with Crippen LogP contribution in [0.2, 0.25) is 0 Å². The minimum Gasteiger partial charge on any atom is -0.314 e. The van der Waals surface area contributed by atoms with Gasteiger partial charge < -0.3 is 5.32 Å². The van der Waals surface area contributed by atoms with E-state index in [1.165, 1.54) is 19.3 Å². The zero-order chi connectivity index (χ0) is 13.1. The summed E-state index contributed by atoms with van der Waals surface area (Å²) < 4.78 is 23.3. The van der Waals surface area contributed by atoms with E-state index in [0.29, 0.717) is 17.7 Å². The molecule has 102 valence electrons. The van der Waals surface area contributed by atoms with E-state index in [9.17, 15) is 8.42 Å². The zero-order valence-electron chi connectivity index (χ0n) is 11.6. The van der Waals surface area contributed by atoms with Crippen molar-refractivity contribution >= 4 is 9.84 Å². The number of rotatable bonds is 6. The van der Waals surface area contributed by atoms with Crippen LogP contribution in [0.4, 0.5) is 0 Å². The van der Waals surface area contributed by atoms with Crippen molar-refractivity contribution in [2.75, 3.05) is 12.3 Å². The fourth-order valence-corrected chi connectivity index (χ4v) is 3.07. The highest BCUT2D eigenvalue weighted by molar-refractivity contribution is 7.92. The molecule has 0 aromatic carbocycles. The molecule has 0 aromatic heterocycles. The molecule has 17 heavy (non-hydrogen) atoms. The highest BCUT2D eigenvalue weighted by Gasteiger charge is 2.28. The van der Waals surface area contributed by atoms with Crippen molar-refractivity contribution in [3.05, 3.63) is 0 Å². The molecule has 0 bridgehead atoms. The molecule has 1 N–H and O–H groups in total. The Bertz CT molecular complexity index is 326. The van der Waals surface area contributed by atoms with E-state index in [1.807, 2.05) is 0 Å². The summed E-state index contributed by atoms with van der Waals surface area (Å²) in [6.07, 6.45) is 4.67. The molecule has 0 aromatic rings. The average molecular weight is 261 g/mol. The summed E-state index contributed by atoms with van der Waals surface area (Å²) in [4.78, 5) is 0. The van der Waals surface area contributed by atoms with Gasteiger partial charge in [-0.25, -0.2) is 8.42 Å². The van der Waals surface area contributed by atoms with Gasteiger partial charge in [-0.1, -0.05) is 13.3 Å². The van der Waals surface area contributed by atoms with Crippen LogP contribution in [-0.4, -0.2) is 31.5 Å². The molecular weight excluding hydrogens is 234 g/mol. The lowest BCUT2D eigenvalue weighted by atomic mass is 9.92. The van der Waals surface area contributed by atoms with E-state index < -0.39 is 14.6 Å². The highest BCUT2D eigenvalue weighted by atomic mass is 32.2. The van der Waals surface area contributed by atoms with Gasteiger partial charge in [-0.05, 0) is 52.5 Å². The molecule has 1 aliphatic rings. The molecule has 1 unspecified atom stereocenters. The molecule has 0 amide bonds. The van der Waals surface area contributed by atoms with Gasteiger partial charge in [0.05, 0.1) is 10.5 Å². The monoisotopic (exact) mass is 261 g/mol. The van der Waals surface area contributed by atoms with Gasteiger partial charge in [0.2, 0.25) is 0 Å². The molecule has 1 atom stereocenters. The number of hydrogen-bond donors (Lipinski definition) is 1. The van der Waals surface area contributed by atoms with Crippen LogP contribution in [0.3, 0.4) is 0 Å². The fraction of sp³-hybridized carbons (Fsp3) is 1.00. The summed E-state index contributed by atoms with van der Waals surface area (Å²) in [5.41, 5.74) is 0. The van der Waals surface area contributed by atoms with E-state index >= 15 is 0 Å². The van der Waals surface area contributed by atoms with Crippen LogP contribution in [0.25, 0.3) is 0 Å². The molecule has 0 heterocycles. The van der Waals surface area contributed by atoms with Crippen LogP contribution in [0.1, 0.15) is 53.4 Å². The Kier molecular flexibility index (Phi) is 5.02. The SMILES string of the molecule is CC(CCS(=O)(=O)C(C)(C)C)CNC1CCC1. The van der Waals surface area contributed by atoms with Crippen molar-refractivity contribution in [2.45, 2.75) is 64.2 Å². The molecule has 0 saturated heterocycles. The Hall–Kier alpha value is -0.0900. The first kappa shape index (κ1) is 15.0. The molecule has 1 rings (SSSR count). The number of hydrogen-bond acceptors (Lipinski definition) is 3. The van der Waals surface area contributed by atoms with E-state index in [4.69, 9.17) is 0 Å². The van der Waals surface area contributed by atoms with Gasteiger partial charge in [-0.3, -0.25) is 0 Å². The van der Waals surface area contributed by atoms with Crippen molar-refractivity contribution < 1.29 is 8.42 Å². The number of sulfone groups is 1. The molecule has 4 heteroatoms. The molecule has 0 aliphatic heterocycles. The Balaban J connectivity index is 2.24. The van der Waals surface area contributed by atoms with Crippen LogP contribution in [-0.2, 0) is 9.84 Å². The smallest absolute Gasteiger partial charge is 0.155 e. The molecule has 0 radical (unpaired) electrons. The third kappa shape index (κ3) is 4.59. The Labute approximate surface area is 106 Å². The van der Waals surface area contributed by atoms with Gasteiger partial charge in [-0.15, -0.1) is 0 Å². The van der Waals surface area contributed by atoms with Gasteiger partial charge in [0.15, 0.2) is 9.84 Å². The quantitative estimate of drug-likeness (QED) is 0.798.